The third-order valence-corrected chi connectivity index (χ3v) is 3.83. The first-order valence-electron chi connectivity index (χ1n) is 6.47. The molecule has 1 aliphatic carbocycles. The first-order chi connectivity index (χ1) is 9.42. The van der Waals surface area contributed by atoms with E-state index in [4.69, 9.17) is 10.8 Å². The van der Waals surface area contributed by atoms with Crippen LogP contribution in [0.15, 0.2) is 18.2 Å². The Morgan fingerprint density at radius 2 is 2.10 bits per heavy atom. The van der Waals surface area contributed by atoms with Gasteiger partial charge in [-0.15, -0.1) is 0 Å². The lowest BCUT2D eigenvalue weighted by molar-refractivity contribution is -0.141. The zero-order valence-corrected chi connectivity index (χ0v) is 11.0. The Bertz CT molecular complexity index is 541. The Hall–Kier alpha value is -2.11. The van der Waals surface area contributed by atoms with Gasteiger partial charge in [0.15, 0.2) is 0 Å². The lowest BCUT2D eigenvalue weighted by atomic mass is 9.66. The van der Waals surface area contributed by atoms with Gasteiger partial charge in [0.05, 0.1) is 12.1 Å². The molecular formula is C14H17FN2O3. The number of carboxylic acids is 1. The molecule has 108 valence electrons. The fraction of sp³-hybridized carbons (Fsp3) is 0.429. The number of carbonyl (C=O) groups excluding carboxylic acids is 1. The Morgan fingerprint density at radius 3 is 2.60 bits per heavy atom. The Kier molecular flexibility index (Phi) is 3.92. The normalized spacial score (nSPS) is 16.2. The second kappa shape index (κ2) is 5.48. The Balaban J connectivity index is 1.97. The van der Waals surface area contributed by atoms with Crippen molar-refractivity contribution in [2.75, 3.05) is 12.3 Å². The number of nitrogens with two attached hydrogens (primary N) is 1. The van der Waals surface area contributed by atoms with E-state index < -0.39 is 17.7 Å². The van der Waals surface area contributed by atoms with Gasteiger partial charge in [-0.1, -0.05) is 6.42 Å². The zero-order valence-electron chi connectivity index (χ0n) is 11.0. The van der Waals surface area contributed by atoms with Crippen LogP contribution in [0, 0.1) is 11.2 Å². The summed E-state index contributed by atoms with van der Waals surface area (Å²) in [5.41, 5.74) is 5.16. The van der Waals surface area contributed by atoms with Gasteiger partial charge in [0.1, 0.15) is 5.82 Å². The largest absolute Gasteiger partial charge is 0.481 e. The molecule has 0 heterocycles. The van der Waals surface area contributed by atoms with Crippen LogP contribution in [0.5, 0.6) is 0 Å². The van der Waals surface area contributed by atoms with E-state index in [2.05, 4.69) is 5.32 Å². The van der Waals surface area contributed by atoms with Crippen LogP contribution < -0.4 is 11.1 Å². The summed E-state index contributed by atoms with van der Waals surface area (Å²) in [7, 11) is 0. The van der Waals surface area contributed by atoms with Crippen LogP contribution in [0.1, 0.15) is 36.0 Å². The highest BCUT2D eigenvalue weighted by Gasteiger charge is 2.39. The van der Waals surface area contributed by atoms with Gasteiger partial charge in [0.25, 0.3) is 5.91 Å². The standard InChI is InChI=1S/C14H17FN2O3/c15-10-6-9(2-3-11(10)16)13(20)17-8-14(4-1-5-14)7-12(18)19/h2-3,6H,1,4-5,7-8,16H2,(H,17,20)(H,18,19). The number of nitrogen functional groups attached to an aromatic ring is 1. The summed E-state index contributed by atoms with van der Waals surface area (Å²) in [6.07, 6.45) is 2.59. The molecule has 0 radical (unpaired) electrons. The minimum atomic E-state index is -0.863. The zero-order chi connectivity index (χ0) is 14.8. The van der Waals surface area contributed by atoms with E-state index in [0.29, 0.717) is 6.54 Å². The molecule has 0 bridgehead atoms. The summed E-state index contributed by atoms with van der Waals surface area (Å²) in [4.78, 5) is 22.7. The summed E-state index contributed by atoms with van der Waals surface area (Å²) in [6.45, 7) is 0.296. The van der Waals surface area contributed by atoms with Gasteiger partial charge in [0, 0.05) is 12.1 Å². The second-order valence-electron chi connectivity index (χ2n) is 5.34. The van der Waals surface area contributed by atoms with Gasteiger partial charge in [-0.2, -0.15) is 0 Å². The number of benzene rings is 1. The molecule has 0 atom stereocenters. The predicted molar refractivity (Wildman–Crippen MR) is 71.7 cm³/mol. The highest BCUT2D eigenvalue weighted by Crippen LogP contribution is 2.43. The minimum absolute atomic E-state index is 0.0112. The number of rotatable bonds is 5. The van der Waals surface area contributed by atoms with Crippen LogP contribution in [-0.2, 0) is 4.79 Å². The van der Waals surface area contributed by atoms with Crippen molar-refractivity contribution in [2.24, 2.45) is 5.41 Å². The summed E-state index contributed by atoms with van der Waals surface area (Å²) in [5, 5.41) is 11.6. The molecule has 0 unspecified atom stereocenters. The number of aliphatic carboxylic acids is 1. The third-order valence-electron chi connectivity index (χ3n) is 3.83. The van der Waals surface area contributed by atoms with Crippen molar-refractivity contribution in [3.05, 3.63) is 29.6 Å². The lowest BCUT2D eigenvalue weighted by Gasteiger charge is -2.40. The fourth-order valence-corrected chi connectivity index (χ4v) is 2.45. The molecular weight excluding hydrogens is 263 g/mol. The summed E-state index contributed by atoms with van der Waals surface area (Å²) in [5.74, 6) is -1.92. The van der Waals surface area contributed by atoms with Gasteiger partial charge in [-0.3, -0.25) is 9.59 Å². The average Bonchev–Trinajstić information content (AvgIpc) is 2.35. The van der Waals surface area contributed by atoms with E-state index in [1.807, 2.05) is 0 Å². The van der Waals surface area contributed by atoms with Crippen molar-refractivity contribution in [3.8, 4) is 0 Å². The number of nitrogens with one attached hydrogen (secondary N) is 1. The number of hydrogen-bond donors (Lipinski definition) is 3. The molecule has 4 N–H and O–H groups in total. The van der Waals surface area contributed by atoms with Crippen molar-refractivity contribution in [1.29, 1.82) is 0 Å². The van der Waals surface area contributed by atoms with Crippen molar-refractivity contribution in [2.45, 2.75) is 25.7 Å². The Labute approximate surface area is 116 Å². The van der Waals surface area contributed by atoms with E-state index in [-0.39, 0.29) is 23.1 Å². The molecule has 2 rings (SSSR count). The molecule has 0 saturated heterocycles. The molecule has 1 amide bonds. The van der Waals surface area contributed by atoms with E-state index in [0.717, 1.165) is 25.3 Å². The van der Waals surface area contributed by atoms with Crippen LogP contribution in [0.25, 0.3) is 0 Å². The van der Waals surface area contributed by atoms with Gasteiger partial charge in [0.2, 0.25) is 0 Å². The summed E-state index contributed by atoms with van der Waals surface area (Å²) in [6, 6.07) is 3.86. The molecule has 1 aliphatic rings. The number of halogens is 1. The molecule has 5 nitrogen and oxygen atoms in total. The lowest BCUT2D eigenvalue weighted by Crippen LogP contribution is -2.43. The molecule has 20 heavy (non-hydrogen) atoms. The topological polar surface area (TPSA) is 92.4 Å². The number of amides is 1. The third kappa shape index (κ3) is 3.07. The van der Waals surface area contributed by atoms with E-state index in [9.17, 15) is 14.0 Å². The number of hydrogen-bond acceptors (Lipinski definition) is 3. The van der Waals surface area contributed by atoms with Crippen molar-refractivity contribution in [3.63, 3.8) is 0 Å². The summed E-state index contributed by atoms with van der Waals surface area (Å²) < 4.78 is 13.3. The fourth-order valence-electron chi connectivity index (χ4n) is 2.45. The number of carbonyl (C=O) groups is 2. The maximum Gasteiger partial charge on any atom is 0.303 e. The number of carboxylic acid groups (broad SMARTS) is 1. The average molecular weight is 280 g/mol. The molecule has 1 aromatic rings. The van der Waals surface area contributed by atoms with E-state index >= 15 is 0 Å². The molecule has 0 aliphatic heterocycles. The molecule has 6 heteroatoms. The second-order valence-corrected chi connectivity index (χ2v) is 5.34. The van der Waals surface area contributed by atoms with E-state index in [1.165, 1.54) is 12.1 Å². The maximum atomic E-state index is 13.3. The van der Waals surface area contributed by atoms with Crippen molar-refractivity contribution in [1.82, 2.24) is 5.32 Å². The van der Waals surface area contributed by atoms with Crippen LogP contribution in [-0.4, -0.2) is 23.5 Å². The highest BCUT2D eigenvalue weighted by atomic mass is 19.1. The van der Waals surface area contributed by atoms with Crippen molar-refractivity contribution < 1.29 is 19.1 Å². The van der Waals surface area contributed by atoms with Gasteiger partial charge in [-0.05, 0) is 36.5 Å². The SMILES string of the molecule is Nc1ccc(C(=O)NCC2(CC(=O)O)CCC2)cc1F. The summed E-state index contributed by atoms with van der Waals surface area (Å²) >= 11 is 0. The van der Waals surface area contributed by atoms with Crippen LogP contribution in [0.3, 0.4) is 0 Å². The van der Waals surface area contributed by atoms with E-state index in [1.54, 1.807) is 0 Å². The molecule has 1 fully saturated rings. The van der Waals surface area contributed by atoms with Gasteiger partial charge < -0.3 is 16.2 Å². The quantitative estimate of drug-likeness (QED) is 0.717. The molecule has 0 aromatic heterocycles. The minimum Gasteiger partial charge on any atom is -0.481 e. The highest BCUT2D eigenvalue weighted by molar-refractivity contribution is 5.94. The Morgan fingerprint density at radius 1 is 1.40 bits per heavy atom. The molecule has 0 spiro atoms. The molecule has 1 aromatic carbocycles. The molecule has 1 saturated carbocycles. The first kappa shape index (κ1) is 14.3. The monoisotopic (exact) mass is 280 g/mol. The predicted octanol–water partition coefficient (Wildman–Crippen LogP) is 1.78. The van der Waals surface area contributed by atoms with Gasteiger partial charge >= 0.3 is 5.97 Å². The van der Waals surface area contributed by atoms with Crippen LogP contribution in [0.4, 0.5) is 10.1 Å². The smallest absolute Gasteiger partial charge is 0.303 e. The van der Waals surface area contributed by atoms with Crippen LogP contribution in [0.2, 0.25) is 0 Å². The maximum absolute atomic E-state index is 13.3. The van der Waals surface area contributed by atoms with Crippen molar-refractivity contribution >= 4 is 17.6 Å². The van der Waals surface area contributed by atoms with Crippen LogP contribution >= 0.6 is 0 Å². The first-order valence-corrected chi connectivity index (χ1v) is 6.47. The van der Waals surface area contributed by atoms with Gasteiger partial charge in [-0.25, -0.2) is 4.39 Å². The number of anilines is 1.